The van der Waals surface area contributed by atoms with Crippen LogP contribution in [-0.4, -0.2) is 22.5 Å². The molecule has 0 N–H and O–H groups in total. The number of halogens is 15. The third-order valence-corrected chi connectivity index (χ3v) is 6.65. The minimum atomic E-state index is -4.38. The first kappa shape index (κ1) is 30.0. The van der Waals surface area contributed by atoms with Gasteiger partial charge in [0.25, 0.3) is 0 Å². The molecule has 0 atom stereocenters. The number of benzene rings is 3. The maximum atomic E-state index is 15.1. The van der Waals surface area contributed by atoms with Crippen molar-refractivity contribution in [2.75, 3.05) is 0 Å². The molecule has 3 rings (SSSR count). The molecule has 0 aromatic heterocycles. The van der Waals surface area contributed by atoms with Crippen LogP contribution in [0.2, 0.25) is 4.44 Å². The first-order chi connectivity index (χ1) is 17.6. The molecule has 0 saturated carbocycles. The zero-order chi connectivity index (χ0) is 29.0. The van der Waals surface area contributed by atoms with E-state index in [9.17, 15) is 39.5 Å². The standard InChI is InChI=1S/C22H6F15.Sn/c1-2-3-22(4-7(23)13(29)19(35)14(30)8(4)24,5-9(25)15(31)20(36)16(32)10(5)26)6-11(27)17(33)21(37)18(34)12(6)28;/h1-3H2;. The summed E-state index contributed by atoms with van der Waals surface area (Å²) in [6.07, 6.45) is -2.44. The van der Waals surface area contributed by atoms with Crippen LogP contribution in [-0.2, 0) is 5.41 Å². The Morgan fingerprint density at radius 3 is 0.711 bits per heavy atom. The fourth-order valence-electron chi connectivity index (χ4n) is 4.04. The average molecular weight is 674 g/mol. The van der Waals surface area contributed by atoms with Gasteiger partial charge in [-0.05, 0) is 0 Å². The second-order valence-electron chi connectivity index (χ2n) is 7.59. The van der Waals surface area contributed by atoms with Crippen molar-refractivity contribution in [3.63, 3.8) is 0 Å². The summed E-state index contributed by atoms with van der Waals surface area (Å²) < 4.78 is 216. The van der Waals surface area contributed by atoms with E-state index in [0.29, 0.717) is 22.5 Å². The van der Waals surface area contributed by atoms with E-state index in [2.05, 4.69) is 0 Å². The topological polar surface area (TPSA) is 0 Å². The molecule has 0 unspecified atom stereocenters. The zero-order valence-electron chi connectivity index (χ0n) is 17.8. The van der Waals surface area contributed by atoms with Crippen molar-refractivity contribution >= 4 is 22.5 Å². The molecule has 0 nitrogen and oxygen atoms in total. The molecule has 3 aromatic carbocycles. The molecule has 0 aliphatic carbocycles. The first-order valence-electron chi connectivity index (χ1n) is 9.79. The van der Waals surface area contributed by atoms with Crippen LogP contribution in [0.4, 0.5) is 65.9 Å². The molecule has 0 aliphatic rings. The fraction of sp³-hybridized carbons (Fsp3) is 0.182. The second-order valence-corrected chi connectivity index (χ2v) is 9.02. The molecule has 16 heteroatoms. The molecule has 38 heavy (non-hydrogen) atoms. The summed E-state index contributed by atoms with van der Waals surface area (Å²) in [5.41, 5.74) is -12.2. The van der Waals surface area contributed by atoms with Crippen molar-refractivity contribution in [1.29, 1.82) is 0 Å². The predicted molar refractivity (Wildman–Crippen MR) is 98.4 cm³/mol. The molecule has 3 aromatic rings. The molecule has 0 saturated heterocycles. The van der Waals surface area contributed by atoms with Crippen LogP contribution in [0.3, 0.4) is 0 Å². The summed E-state index contributed by atoms with van der Waals surface area (Å²) in [7, 11) is 0. The van der Waals surface area contributed by atoms with Crippen molar-refractivity contribution in [3.05, 3.63) is 104 Å². The van der Waals surface area contributed by atoms with Crippen molar-refractivity contribution in [3.8, 4) is 0 Å². The van der Waals surface area contributed by atoms with Gasteiger partial charge in [-0.25, -0.2) is 0 Å². The van der Waals surface area contributed by atoms with Gasteiger partial charge in [0.15, 0.2) is 0 Å². The van der Waals surface area contributed by atoms with E-state index in [-0.39, 0.29) is 4.44 Å². The summed E-state index contributed by atoms with van der Waals surface area (Å²) in [4.78, 5) is 0. The van der Waals surface area contributed by atoms with Crippen molar-refractivity contribution in [2.24, 2.45) is 0 Å². The normalized spacial score (nSPS) is 12.0. The van der Waals surface area contributed by atoms with E-state index in [4.69, 9.17) is 0 Å². The third-order valence-electron chi connectivity index (χ3n) is 5.64. The Hall–Kier alpha value is -2.59. The maximum absolute atomic E-state index is 15.1. The van der Waals surface area contributed by atoms with Crippen LogP contribution >= 0.6 is 0 Å². The van der Waals surface area contributed by atoms with Crippen LogP contribution in [0.25, 0.3) is 0 Å². The Bertz CT molecular complexity index is 1210. The molecule has 0 heterocycles. The third kappa shape index (κ3) is 4.11. The molecule has 203 valence electrons. The molecule has 0 aliphatic heterocycles. The van der Waals surface area contributed by atoms with Gasteiger partial charge in [-0.2, -0.15) is 0 Å². The first-order valence-corrected chi connectivity index (χ1v) is 11.8. The predicted octanol–water partition coefficient (Wildman–Crippen LogP) is 7.47. The van der Waals surface area contributed by atoms with E-state index in [1.807, 2.05) is 0 Å². The van der Waals surface area contributed by atoms with Crippen molar-refractivity contribution < 1.29 is 65.9 Å². The van der Waals surface area contributed by atoms with Gasteiger partial charge in [0.05, 0.1) is 0 Å². The Labute approximate surface area is 215 Å². The Morgan fingerprint density at radius 1 is 0.342 bits per heavy atom. The van der Waals surface area contributed by atoms with Gasteiger partial charge >= 0.3 is 215 Å². The SMILES string of the molecule is Fc1c(F)c(F)c(C(CC[CH2][Sn])(c2c(F)c(F)c(F)c(F)c2F)c2c(F)c(F)c(F)c(F)c2F)c(F)c1F. The van der Waals surface area contributed by atoms with Crippen LogP contribution < -0.4 is 0 Å². The van der Waals surface area contributed by atoms with Gasteiger partial charge in [-0.3, -0.25) is 0 Å². The van der Waals surface area contributed by atoms with E-state index < -0.39 is 122 Å². The summed E-state index contributed by atoms with van der Waals surface area (Å²) >= 11 is 0.448. The average Bonchev–Trinajstić information content (AvgIpc) is 2.89. The monoisotopic (exact) mass is 675 g/mol. The number of rotatable bonds is 6. The van der Waals surface area contributed by atoms with Gasteiger partial charge in [0.2, 0.25) is 0 Å². The molecule has 3 radical (unpaired) electrons. The summed E-state index contributed by atoms with van der Waals surface area (Å²) in [6, 6.07) is 0. The Balaban J connectivity index is 2.86. The number of hydrogen-bond donors (Lipinski definition) is 0. The summed E-state index contributed by atoms with van der Waals surface area (Å²) in [5, 5.41) is 0. The van der Waals surface area contributed by atoms with Crippen LogP contribution in [0.5, 0.6) is 0 Å². The van der Waals surface area contributed by atoms with Crippen LogP contribution in [0, 0.1) is 87.3 Å². The zero-order valence-corrected chi connectivity index (χ0v) is 20.6. The van der Waals surface area contributed by atoms with E-state index in [0.717, 1.165) is 0 Å². The van der Waals surface area contributed by atoms with Gasteiger partial charge in [-0.1, -0.05) is 0 Å². The molecule has 0 spiro atoms. The molecule has 0 amide bonds. The Kier molecular flexibility index (Phi) is 8.30. The summed E-state index contributed by atoms with van der Waals surface area (Å²) in [6.45, 7) is 0. The van der Waals surface area contributed by atoms with Gasteiger partial charge in [0.1, 0.15) is 0 Å². The van der Waals surface area contributed by atoms with Crippen LogP contribution in [0.1, 0.15) is 29.5 Å². The fourth-order valence-corrected chi connectivity index (χ4v) is 4.55. The number of hydrogen-bond acceptors (Lipinski definition) is 0. The van der Waals surface area contributed by atoms with Gasteiger partial charge in [0, 0.05) is 0 Å². The quantitative estimate of drug-likeness (QED) is 0.0838. The molecule has 0 bridgehead atoms. The van der Waals surface area contributed by atoms with Crippen molar-refractivity contribution in [1.82, 2.24) is 0 Å². The molecular formula is C22H6F15Sn. The second kappa shape index (κ2) is 10.5. The summed E-state index contributed by atoms with van der Waals surface area (Å²) in [5.74, 6) is -44.9. The minimum absolute atomic E-state index is 0.241. The van der Waals surface area contributed by atoms with Crippen LogP contribution in [0.15, 0.2) is 0 Å². The van der Waals surface area contributed by atoms with Gasteiger partial charge < -0.3 is 0 Å². The molecular weight excluding hydrogens is 668 g/mol. The van der Waals surface area contributed by atoms with E-state index in [1.165, 1.54) is 0 Å². The van der Waals surface area contributed by atoms with Gasteiger partial charge in [-0.15, -0.1) is 0 Å². The molecule has 0 fully saturated rings. The van der Waals surface area contributed by atoms with E-state index >= 15 is 26.3 Å². The van der Waals surface area contributed by atoms with E-state index in [1.54, 1.807) is 0 Å². The Morgan fingerprint density at radius 2 is 0.526 bits per heavy atom. The van der Waals surface area contributed by atoms with Crippen molar-refractivity contribution in [2.45, 2.75) is 22.7 Å².